The van der Waals surface area contributed by atoms with E-state index in [4.69, 9.17) is 4.42 Å². The smallest absolute Gasteiger partial charge is 0.375 e. The number of hydrogen-bond donors (Lipinski definition) is 0. The first-order valence-electron chi connectivity index (χ1n) is 4.83. The molecule has 1 heterocycles. The Kier molecular flexibility index (Phi) is 3.99. The zero-order valence-electron chi connectivity index (χ0n) is 9.11. The molecular formula is C11H12O5. The normalized spacial score (nSPS) is 9.88. The van der Waals surface area contributed by atoms with Crippen LogP contribution in [0.1, 0.15) is 29.5 Å². The number of ether oxygens (including phenoxy) is 1. The van der Waals surface area contributed by atoms with Crippen LogP contribution in [0.15, 0.2) is 16.7 Å². The summed E-state index contributed by atoms with van der Waals surface area (Å²) in [5.41, 5.74) is 0.317. The Hall–Kier alpha value is -1.91. The monoisotopic (exact) mass is 224 g/mol. The first-order chi connectivity index (χ1) is 7.56. The number of rotatable bonds is 5. The molecule has 0 saturated heterocycles. The van der Waals surface area contributed by atoms with E-state index in [1.165, 1.54) is 12.3 Å². The highest BCUT2D eigenvalue weighted by Gasteiger charge is 2.21. The fourth-order valence-corrected chi connectivity index (χ4v) is 1.20. The molecule has 86 valence electrons. The van der Waals surface area contributed by atoms with Crippen LogP contribution in [0.4, 0.5) is 0 Å². The maximum Gasteiger partial charge on any atom is 0.375 e. The number of carbonyl (C=O) groups excluding carboxylic acids is 3. The summed E-state index contributed by atoms with van der Waals surface area (Å²) in [5, 5.41) is 0. The number of ketones is 2. The first-order valence-corrected chi connectivity index (χ1v) is 4.83. The molecule has 0 N–H and O–H groups in total. The van der Waals surface area contributed by atoms with Crippen LogP contribution in [0.25, 0.3) is 0 Å². The number of furan rings is 1. The Labute approximate surface area is 92.4 Å². The Morgan fingerprint density at radius 1 is 1.38 bits per heavy atom. The summed E-state index contributed by atoms with van der Waals surface area (Å²) in [6.07, 6.45) is 0.872. The van der Waals surface area contributed by atoms with E-state index in [-0.39, 0.29) is 6.61 Å². The lowest BCUT2D eigenvalue weighted by atomic mass is 10.1. The Morgan fingerprint density at radius 3 is 2.56 bits per heavy atom. The molecule has 0 saturated carbocycles. The predicted octanol–water partition coefficient (Wildman–Crippen LogP) is 1.29. The van der Waals surface area contributed by atoms with Crippen molar-refractivity contribution in [2.24, 2.45) is 0 Å². The van der Waals surface area contributed by atoms with E-state index in [9.17, 15) is 14.4 Å². The molecule has 1 rings (SSSR count). The second-order valence-corrected chi connectivity index (χ2v) is 3.13. The minimum Gasteiger partial charge on any atom is -0.469 e. The van der Waals surface area contributed by atoms with Gasteiger partial charge in [-0.25, -0.2) is 4.79 Å². The average molecular weight is 224 g/mol. The van der Waals surface area contributed by atoms with Gasteiger partial charge in [0.25, 0.3) is 0 Å². The van der Waals surface area contributed by atoms with Gasteiger partial charge >= 0.3 is 5.97 Å². The third kappa shape index (κ3) is 2.79. The standard InChI is InChI=1S/C11H12O5/c1-3-15-11(14)10(13)6-9(12)8-4-5-16-7(8)2/h4-5H,3,6H2,1-2H3. The van der Waals surface area contributed by atoms with Crippen LogP contribution in [-0.4, -0.2) is 24.1 Å². The largest absolute Gasteiger partial charge is 0.469 e. The van der Waals surface area contributed by atoms with Gasteiger partial charge in [-0.3, -0.25) is 9.59 Å². The Balaban J connectivity index is 2.62. The molecule has 0 atom stereocenters. The number of esters is 1. The Morgan fingerprint density at radius 2 is 2.06 bits per heavy atom. The maximum absolute atomic E-state index is 11.6. The van der Waals surface area contributed by atoms with Crippen molar-refractivity contribution in [1.29, 1.82) is 0 Å². The van der Waals surface area contributed by atoms with Gasteiger partial charge in [0.15, 0.2) is 5.78 Å². The summed E-state index contributed by atoms with van der Waals surface area (Å²) in [5.74, 6) is -1.82. The molecule has 0 aliphatic carbocycles. The van der Waals surface area contributed by atoms with Gasteiger partial charge in [0, 0.05) is 0 Å². The van der Waals surface area contributed by atoms with Crippen molar-refractivity contribution in [3.8, 4) is 0 Å². The molecular weight excluding hydrogens is 212 g/mol. The van der Waals surface area contributed by atoms with Crippen molar-refractivity contribution in [3.63, 3.8) is 0 Å². The average Bonchev–Trinajstić information content (AvgIpc) is 2.64. The molecule has 0 aromatic carbocycles. The van der Waals surface area contributed by atoms with Gasteiger partial charge in [0.1, 0.15) is 5.76 Å². The zero-order valence-corrected chi connectivity index (χ0v) is 9.11. The second kappa shape index (κ2) is 5.25. The molecule has 0 radical (unpaired) electrons. The molecule has 5 heteroatoms. The SMILES string of the molecule is CCOC(=O)C(=O)CC(=O)c1ccoc1C. The van der Waals surface area contributed by atoms with E-state index in [2.05, 4.69) is 4.74 Å². The van der Waals surface area contributed by atoms with Crippen LogP contribution in [0.5, 0.6) is 0 Å². The molecule has 0 amide bonds. The van der Waals surface area contributed by atoms with Crippen LogP contribution in [0, 0.1) is 6.92 Å². The number of hydrogen-bond acceptors (Lipinski definition) is 5. The summed E-state index contributed by atoms with van der Waals surface area (Å²) >= 11 is 0. The summed E-state index contributed by atoms with van der Waals surface area (Å²) in [4.78, 5) is 33.8. The number of aryl methyl sites for hydroxylation is 1. The van der Waals surface area contributed by atoms with Crippen LogP contribution in [0.3, 0.4) is 0 Å². The Bertz CT molecular complexity index is 416. The molecule has 0 fully saturated rings. The van der Waals surface area contributed by atoms with Gasteiger partial charge in [-0.15, -0.1) is 0 Å². The van der Waals surface area contributed by atoms with Crippen LogP contribution >= 0.6 is 0 Å². The third-order valence-electron chi connectivity index (χ3n) is 1.98. The van der Waals surface area contributed by atoms with E-state index < -0.39 is 24.0 Å². The highest BCUT2D eigenvalue weighted by molar-refractivity contribution is 6.38. The van der Waals surface area contributed by atoms with Gasteiger partial charge < -0.3 is 9.15 Å². The molecule has 0 bridgehead atoms. The van der Waals surface area contributed by atoms with Crippen molar-refractivity contribution < 1.29 is 23.5 Å². The molecule has 0 aliphatic rings. The summed E-state index contributed by atoms with van der Waals surface area (Å²) in [7, 11) is 0. The number of carbonyl (C=O) groups is 3. The summed E-state index contributed by atoms with van der Waals surface area (Å²) in [6, 6.07) is 1.47. The third-order valence-corrected chi connectivity index (χ3v) is 1.98. The lowest BCUT2D eigenvalue weighted by Crippen LogP contribution is -2.20. The second-order valence-electron chi connectivity index (χ2n) is 3.13. The van der Waals surface area contributed by atoms with E-state index >= 15 is 0 Å². The predicted molar refractivity (Wildman–Crippen MR) is 54.0 cm³/mol. The molecule has 16 heavy (non-hydrogen) atoms. The lowest BCUT2D eigenvalue weighted by molar-refractivity contribution is -0.153. The molecule has 1 aromatic rings. The highest BCUT2D eigenvalue weighted by atomic mass is 16.5. The molecule has 5 nitrogen and oxygen atoms in total. The minimum atomic E-state index is -0.975. The van der Waals surface area contributed by atoms with E-state index in [0.717, 1.165) is 0 Å². The fourth-order valence-electron chi connectivity index (χ4n) is 1.20. The molecule has 0 unspecified atom stereocenters. The van der Waals surface area contributed by atoms with Crippen molar-refractivity contribution >= 4 is 17.5 Å². The van der Waals surface area contributed by atoms with Gasteiger partial charge in [0.05, 0.1) is 24.9 Å². The van der Waals surface area contributed by atoms with E-state index in [1.54, 1.807) is 13.8 Å². The molecule has 0 aliphatic heterocycles. The molecule has 0 spiro atoms. The van der Waals surface area contributed by atoms with Crippen LogP contribution < -0.4 is 0 Å². The van der Waals surface area contributed by atoms with E-state index in [0.29, 0.717) is 11.3 Å². The lowest BCUT2D eigenvalue weighted by Gasteiger charge is -1.99. The fraction of sp³-hybridized carbons (Fsp3) is 0.364. The van der Waals surface area contributed by atoms with Gasteiger partial charge in [-0.1, -0.05) is 0 Å². The van der Waals surface area contributed by atoms with Crippen molar-refractivity contribution in [2.75, 3.05) is 6.61 Å². The van der Waals surface area contributed by atoms with Gasteiger partial charge in [-0.2, -0.15) is 0 Å². The van der Waals surface area contributed by atoms with Crippen molar-refractivity contribution in [1.82, 2.24) is 0 Å². The van der Waals surface area contributed by atoms with Gasteiger partial charge in [-0.05, 0) is 19.9 Å². The summed E-state index contributed by atoms with van der Waals surface area (Å²) < 4.78 is 9.41. The minimum absolute atomic E-state index is 0.115. The van der Waals surface area contributed by atoms with Crippen molar-refractivity contribution in [2.45, 2.75) is 20.3 Å². The topological polar surface area (TPSA) is 73.6 Å². The van der Waals surface area contributed by atoms with Crippen LogP contribution in [0.2, 0.25) is 0 Å². The van der Waals surface area contributed by atoms with Gasteiger partial charge in [0.2, 0.25) is 5.78 Å². The summed E-state index contributed by atoms with van der Waals surface area (Å²) in [6.45, 7) is 3.32. The molecule has 1 aromatic heterocycles. The maximum atomic E-state index is 11.6. The zero-order chi connectivity index (χ0) is 12.1. The quantitative estimate of drug-likeness (QED) is 0.326. The van der Waals surface area contributed by atoms with Crippen LogP contribution in [-0.2, 0) is 14.3 Å². The highest BCUT2D eigenvalue weighted by Crippen LogP contribution is 2.11. The first kappa shape index (κ1) is 12.2. The number of Topliss-reactive ketones (excluding diaryl/α,β-unsaturated/α-hetero) is 2. The van der Waals surface area contributed by atoms with Crippen molar-refractivity contribution in [3.05, 3.63) is 23.7 Å². The van der Waals surface area contributed by atoms with E-state index in [1.807, 2.05) is 0 Å².